The molecule has 78 valence electrons. The number of hydrogen-bond acceptors (Lipinski definition) is 3. The van der Waals surface area contributed by atoms with E-state index in [9.17, 15) is 10.2 Å². The first-order chi connectivity index (χ1) is 7.74. The Morgan fingerprint density at radius 2 is 1.56 bits per heavy atom. The molecule has 0 aromatic heterocycles. The van der Waals surface area contributed by atoms with Crippen molar-refractivity contribution in [3.8, 4) is 28.7 Å². The van der Waals surface area contributed by atoms with Crippen LogP contribution in [-0.2, 0) is 0 Å². The van der Waals surface area contributed by atoms with E-state index in [2.05, 4.69) is 0 Å². The summed E-state index contributed by atoms with van der Waals surface area (Å²) >= 11 is 0. The molecular formula is C13H9NO2. The molecule has 2 aromatic carbocycles. The van der Waals surface area contributed by atoms with E-state index in [1.807, 2.05) is 6.07 Å². The van der Waals surface area contributed by atoms with Crippen LogP contribution in [0.3, 0.4) is 0 Å². The second kappa shape index (κ2) is 3.95. The normalized spacial score (nSPS) is 9.69. The predicted molar refractivity (Wildman–Crippen MR) is 59.9 cm³/mol. The minimum Gasteiger partial charge on any atom is -0.507 e. The van der Waals surface area contributed by atoms with Crippen molar-refractivity contribution in [1.29, 1.82) is 5.26 Å². The molecule has 0 aliphatic rings. The number of phenols is 2. The van der Waals surface area contributed by atoms with Crippen LogP contribution in [0, 0.1) is 11.3 Å². The molecule has 0 fully saturated rings. The fourth-order valence-electron chi connectivity index (χ4n) is 1.60. The SMILES string of the molecule is N#Cc1cccc(O)c1-c1ccccc1O. The smallest absolute Gasteiger partial charge is 0.124 e. The number of nitrogens with zero attached hydrogens (tertiary/aromatic N) is 1. The fraction of sp³-hybridized carbons (Fsp3) is 0. The molecule has 3 heteroatoms. The van der Waals surface area contributed by atoms with Crippen LogP contribution in [0.2, 0.25) is 0 Å². The monoisotopic (exact) mass is 211 g/mol. The van der Waals surface area contributed by atoms with Crippen molar-refractivity contribution in [3.63, 3.8) is 0 Å². The van der Waals surface area contributed by atoms with Crippen LogP contribution in [0.5, 0.6) is 11.5 Å². The molecule has 16 heavy (non-hydrogen) atoms. The highest BCUT2D eigenvalue weighted by Gasteiger charge is 2.12. The minimum atomic E-state index is -0.0134. The van der Waals surface area contributed by atoms with E-state index in [1.165, 1.54) is 12.1 Å². The molecule has 0 aliphatic heterocycles. The number of rotatable bonds is 1. The van der Waals surface area contributed by atoms with Gasteiger partial charge >= 0.3 is 0 Å². The van der Waals surface area contributed by atoms with Crippen molar-refractivity contribution in [2.75, 3.05) is 0 Å². The molecule has 0 spiro atoms. The van der Waals surface area contributed by atoms with Crippen molar-refractivity contribution >= 4 is 0 Å². The summed E-state index contributed by atoms with van der Waals surface area (Å²) in [5.41, 5.74) is 1.15. The Morgan fingerprint density at radius 1 is 0.875 bits per heavy atom. The van der Waals surface area contributed by atoms with Crippen molar-refractivity contribution in [2.24, 2.45) is 0 Å². The maximum Gasteiger partial charge on any atom is 0.124 e. The average Bonchev–Trinajstić information content (AvgIpc) is 2.30. The van der Waals surface area contributed by atoms with Gasteiger partial charge in [-0.3, -0.25) is 0 Å². The van der Waals surface area contributed by atoms with Gasteiger partial charge in [0.1, 0.15) is 11.5 Å². The van der Waals surface area contributed by atoms with E-state index in [4.69, 9.17) is 5.26 Å². The Labute approximate surface area is 92.8 Å². The van der Waals surface area contributed by atoms with E-state index in [0.717, 1.165) is 0 Å². The highest BCUT2D eigenvalue weighted by molar-refractivity contribution is 5.80. The van der Waals surface area contributed by atoms with Gasteiger partial charge in [0, 0.05) is 11.1 Å². The summed E-state index contributed by atoms with van der Waals surface area (Å²) in [6.45, 7) is 0. The van der Waals surface area contributed by atoms with Gasteiger partial charge in [0.05, 0.1) is 11.6 Å². The number of aromatic hydroxyl groups is 2. The second-order valence-electron chi connectivity index (χ2n) is 3.33. The third kappa shape index (κ3) is 1.57. The standard InChI is InChI=1S/C13H9NO2/c14-8-9-4-3-7-12(16)13(9)10-5-1-2-6-11(10)15/h1-7,15-16H. The average molecular weight is 211 g/mol. The van der Waals surface area contributed by atoms with E-state index in [1.54, 1.807) is 30.3 Å². The molecule has 2 aromatic rings. The summed E-state index contributed by atoms with van der Waals surface area (Å²) in [7, 11) is 0. The van der Waals surface area contributed by atoms with Gasteiger partial charge in [0.25, 0.3) is 0 Å². The zero-order valence-corrected chi connectivity index (χ0v) is 8.38. The van der Waals surface area contributed by atoms with Crippen LogP contribution in [0.15, 0.2) is 42.5 Å². The molecule has 0 unspecified atom stereocenters. The third-order valence-electron chi connectivity index (χ3n) is 2.34. The number of hydrogen-bond donors (Lipinski definition) is 2. The van der Waals surface area contributed by atoms with Gasteiger partial charge in [-0.05, 0) is 18.2 Å². The van der Waals surface area contributed by atoms with Crippen LogP contribution in [0.1, 0.15) is 5.56 Å². The Morgan fingerprint density at radius 3 is 2.25 bits per heavy atom. The van der Waals surface area contributed by atoms with Crippen LogP contribution >= 0.6 is 0 Å². The first kappa shape index (κ1) is 10.1. The van der Waals surface area contributed by atoms with Crippen LogP contribution in [0.4, 0.5) is 0 Å². The molecule has 2 N–H and O–H groups in total. The number of nitriles is 1. The van der Waals surface area contributed by atoms with Gasteiger partial charge in [0.2, 0.25) is 0 Å². The minimum absolute atomic E-state index is 0.0134. The van der Waals surface area contributed by atoms with Gasteiger partial charge in [-0.25, -0.2) is 0 Å². The topological polar surface area (TPSA) is 64.2 Å². The van der Waals surface area contributed by atoms with Gasteiger partial charge in [-0.15, -0.1) is 0 Å². The Kier molecular flexibility index (Phi) is 2.49. The summed E-state index contributed by atoms with van der Waals surface area (Å²) in [6.07, 6.45) is 0. The summed E-state index contributed by atoms with van der Waals surface area (Å²) < 4.78 is 0. The molecule has 0 saturated carbocycles. The second-order valence-corrected chi connectivity index (χ2v) is 3.33. The highest BCUT2D eigenvalue weighted by atomic mass is 16.3. The van der Waals surface area contributed by atoms with E-state index < -0.39 is 0 Å². The number of phenolic OH excluding ortho intramolecular Hbond substituents is 2. The first-order valence-electron chi connectivity index (χ1n) is 4.74. The van der Waals surface area contributed by atoms with Crippen molar-refractivity contribution in [3.05, 3.63) is 48.0 Å². The molecule has 0 amide bonds. The summed E-state index contributed by atoms with van der Waals surface area (Å²) in [6, 6.07) is 13.3. The van der Waals surface area contributed by atoms with Crippen molar-refractivity contribution < 1.29 is 10.2 Å². The number of para-hydroxylation sites is 1. The fourth-order valence-corrected chi connectivity index (χ4v) is 1.60. The van der Waals surface area contributed by atoms with Crippen molar-refractivity contribution in [1.82, 2.24) is 0 Å². The largest absolute Gasteiger partial charge is 0.507 e. The molecule has 2 rings (SSSR count). The zero-order valence-electron chi connectivity index (χ0n) is 8.38. The Hall–Kier alpha value is -2.47. The lowest BCUT2D eigenvalue weighted by atomic mass is 9.98. The van der Waals surface area contributed by atoms with Crippen LogP contribution in [-0.4, -0.2) is 10.2 Å². The molecule has 0 saturated heterocycles. The highest BCUT2D eigenvalue weighted by Crippen LogP contribution is 2.37. The molecular weight excluding hydrogens is 202 g/mol. The maximum atomic E-state index is 9.74. The van der Waals surface area contributed by atoms with E-state index in [0.29, 0.717) is 16.7 Å². The van der Waals surface area contributed by atoms with Crippen LogP contribution in [0.25, 0.3) is 11.1 Å². The molecule has 0 heterocycles. The quantitative estimate of drug-likeness (QED) is 0.762. The lowest BCUT2D eigenvalue weighted by Crippen LogP contribution is -1.85. The summed E-state index contributed by atoms with van der Waals surface area (Å²) in [5.74, 6) is 0.0288. The predicted octanol–water partition coefficient (Wildman–Crippen LogP) is 2.64. The lowest BCUT2D eigenvalue weighted by Gasteiger charge is -2.08. The molecule has 0 aliphatic carbocycles. The van der Waals surface area contributed by atoms with E-state index >= 15 is 0 Å². The molecule has 0 atom stereocenters. The van der Waals surface area contributed by atoms with E-state index in [-0.39, 0.29) is 11.5 Å². The van der Waals surface area contributed by atoms with Gasteiger partial charge in [0.15, 0.2) is 0 Å². The van der Waals surface area contributed by atoms with Crippen LogP contribution < -0.4 is 0 Å². The maximum absolute atomic E-state index is 9.74. The van der Waals surface area contributed by atoms with Gasteiger partial charge in [-0.2, -0.15) is 5.26 Å². The Bertz CT molecular complexity index is 570. The summed E-state index contributed by atoms with van der Waals surface area (Å²) in [5, 5.41) is 28.4. The third-order valence-corrected chi connectivity index (χ3v) is 2.34. The molecule has 3 nitrogen and oxygen atoms in total. The molecule has 0 radical (unpaired) electrons. The Balaban J connectivity index is 2.75. The molecule has 0 bridgehead atoms. The summed E-state index contributed by atoms with van der Waals surface area (Å²) in [4.78, 5) is 0. The lowest BCUT2D eigenvalue weighted by molar-refractivity contribution is 0.469. The number of benzene rings is 2. The van der Waals surface area contributed by atoms with Gasteiger partial charge in [-0.1, -0.05) is 24.3 Å². The zero-order chi connectivity index (χ0) is 11.5. The first-order valence-corrected chi connectivity index (χ1v) is 4.74. The van der Waals surface area contributed by atoms with Crippen molar-refractivity contribution in [2.45, 2.75) is 0 Å². The van der Waals surface area contributed by atoms with Gasteiger partial charge < -0.3 is 10.2 Å².